The summed E-state index contributed by atoms with van der Waals surface area (Å²) in [6.07, 6.45) is 0.0207. The molecular weight excluding hydrogens is 433 g/mol. The maximum Gasteiger partial charge on any atom is 0.329 e. The predicted molar refractivity (Wildman–Crippen MR) is 104 cm³/mol. The third-order valence-electron chi connectivity index (χ3n) is 4.33. The number of benzene rings is 1. The van der Waals surface area contributed by atoms with Crippen LogP contribution in [-0.4, -0.2) is 39.9 Å². The second-order valence-electron chi connectivity index (χ2n) is 7.66. The molecule has 0 N–H and O–H groups in total. The van der Waals surface area contributed by atoms with E-state index in [9.17, 15) is 14.0 Å². The Morgan fingerprint density at radius 1 is 1.36 bits per heavy atom. The van der Waals surface area contributed by atoms with Gasteiger partial charge in [-0.2, -0.15) is 0 Å². The molecule has 0 bridgehead atoms. The van der Waals surface area contributed by atoms with Gasteiger partial charge in [0.1, 0.15) is 28.6 Å². The summed E-state index contributed by atoms with van der Waals surface area (Å²) in [6.45, 7) is 5.28. The van der Waals surface area contributed by atoms with Crippen LogP contribution >= 0.6 is 15.9 Å². The second kappa shape index (κ2) is 6.51. The molecule has 2 aromatic heterocycles. The van der Waals surface area contributed by atoms with Crippen LogP contribution in [0.25, 0.3) is 22.1 Å². The molecule has 0 aliphatic carbocycles. The molecule has 1 fully saturated rings. The van der Waals surface area contributed by atoms with Crippen LogP contribution in [0.1, 0.15) is 27.2 Å². The van der Waals surface area contributed by atoms with Crippen LogP contribution in [0, 0.1) is 5.82 Å². The third-order valence-corrected chi connectivity index (χ3v) is 4.68. The minimum absolute atomic E-state index is 0.00608. The van der Waals surface area contributed by atoms with Gasteiger partial charge in [-0.15, -0.1) is 0 Å². The standard InChI is InChI=1S/C19H17BrFN3O4/c1-19(2,3)28-17(26)12-7-10(25)8-24(12)16-15-14(22-18(20)23-16)11-5-4-9(21)6-13(11)27-15/h4-6,12H,7-8H2,1-3H3/t12-/m0/s1. The molecule has 146 valence electrons. The summed E-state index contributed by atoms with van der Waals surface area (Å²) in [5.74, 6) is -0.775. The van der Waals surface area contributed by atoms with E-state index in [2.05, 4.69) is 25.9 Å². The van der Waals surface area contributed by atoms with E-state index in [1.807, 2.05) is 0 Å². The second-order valence-corrected chi connectivity index (χ2v) is 8.37. The fraction of sp³-hybridized carbons (Fsp3) is 0.368. The monoisotopic (exact) mass is 449 g/mol. The first kappa shape index (κ1) is 18.8. The molecule has 1 atom stereocenters. The van der Waals surface area contributed by atoms with E-state index in [1.165, 1.54) is 12.1 Å². The number of esters is 1. The van der Waals surface area contributed by atoms with Gasteiger partial charge >= 0.3 is 5.97 Å². The van der Waals surface area contributed by atoms with Crippen LogP contribution in [0.3, 0.4) is 0 Å². The highest BCUT2D eigenvalue weighted by molar-refractivity contribution is 9.10. The first-order chi connectivity index (χ1) is 13.1. The van der Waals surface area contributed by atoms with Gasteiger partial charge in [-0.3, -0.25) is 4.79 Å². The number of nitrogens with zero attached hydrogens (tertiary/aromatic N) is 3. The number of carbonyl (C=O) groups is 2. The van der Waals surface area contributed by atoms with E-state index in [-0.39, 0.29) is 34.9 Å². The number of carbonyl (C=O) groups excluding carboxylic acids is 2. The van der Waals surface area contributed by atoms with Crippen molar-refractivity contribution in [3.63, 3.8) is 0 Å². The SMILES string of the molecule is CC(C)(C)OC(=O)[C@@H]1CC(=O)CN1c1nc(Br)nc2c1oc1cc(F)ccc12. The number of anilines is 1. The zero-order valence-electron chi connectivity index (χ0n) is 15.5. The summed E-state index contributed by atoms with van der Waals surface area (Å²) in [5, 5.41) is 0.611. The number of hydrogen-bond acceptors (Lipinski definition) is 7. The molecule has 0 amide bonds. The Kier molecular flexibility index (Phi) is 4.37. The Hall–Kier alpha value is -2.55. The lowest BCUT2D eigenvalue weighted by Gasteiger charge is -2.27. The first-order valence-electron chi connectivity index (χ1n) is 8.69. The molecule has 0 unspecified atom stereocenters. The maximum atomic E-state index is 13.6. The molecule has 0 radical (unpaired) electrons. The van der Waals surface area contributed by atoms with E-state index >= 15 is 0 Å². The van der Waals surface area contributed by atoms with Gasteiger partial charge in [0.2, 0.25) is 0 Å². The van der Waals surface area contributed by atoms with Crippen molar-refractivity contribution in [1.82, 2.24) is 9.97 Å². The van der Waals surface area contributed by atoms with E-state index in [0.717, 1.165) is 0 Å². The molecule has 4 rings (SSSR count). The molecule has 3 heterocycles. The van der Waals surface area contributed by atoms with Gasteiger partial charge in [0.25, 0.3) is 0 Å². The average Bonchev–Trinajstić information content (AvgIpc) is 3.12. The largest absolute Gasteiger partial charge is 0.458 e. The van der Waals surface area contributed by atoms with E-state index < -0.39 is 23.4 Å². The van der Waals surface area contributed by atoms with Crippen molar-refractivity contribution in [1.29, 1.82) is 0 Å². The van der Waals surface area contributed by atoms with Crippen molar-refractivity contribution in [2.75, 3.05) is 11.4 Å². The topological polar surface area (TPSA) is 85.5 Å². The molecule has 3 aromatic rings. The highest BCUT2D eigenvalue weighted by Gasteiger charge is 2.40. The minimum Gasteiger partial charge on any atom is -0.458 e. The number of aromatic nitrogens is 2. The van der Waals surface area contributed by atoms with Crippen LogP contribution in [0.15, 0.2) is 27.3 Å². The van der Waals surface area contributed by atoms with Gasteiger partial charge < -0.3 is 14.1 Å². The van der Waals surface area contributed by atoms with Crippen molar-refractivity contribution in [3.05, 3.63) is 28.7 Å². The van der Waals surface area contributed by atoms with E-state index in [1.54, 1.807) is 31.7 Å². The Balaban J connectivity index is 1.86. The molecule has 1 aliphatic heterocycles. The van der Waals surface area contributed by atoms with Gasteiger partial charge in [-0.1, -0.05) is 0 Å². The smallest absolute Gasteiger partial charge is 0.329 e. The highest BCUT2D eigenvalue weighted by Crippen LogP contribution is 2.36. The van der Waals surface area contributed by atoms with Crippen LogP contribution in [-0.2, 0) is 14.3 Å². The number of furan rings is 1. The molecule has 9 heteroatoms. The number of Topliss-reactive ketones (excluding diaryl/α,β-unsaturated/α-hetero) is 1. The number of hydrogen-bond donors (Lipinski definition) is 0. The summed E-state index contributed by atoms with van der Waals surface area (Å²) >= 11 is 3.27. The molecule has 0 saturated carbocycles. The summed E-state index contributed by atoms with van der Waals surface area (Å²) < 4.78 is 25.1. The summed E-state index contributed by atoms with van der Waals surface area (Å²) in [5.41, 5.74) is 0.372. The predicted octanol–water partition coefficient (Wildman–Crippen LogP) is 3.77. The molecular formula is C19H17BrFN3O4. The van der Waals surface area contributed by atoms with Gasteiger partial charge in [-0.25, -0.2) is 19.2 Å². The third kappa shape index (κ3) is 3.34. The quantitative estimate of drug-likeness (QED) is 0.434. The lowest BCUT2D eigenvalue weighted by molar-refractivity contribution is -0.156. The Morgan fingerprint density at radius 3 is 2.82 bits per heavy atom. The summed E-state index contributed by atoms with van der Waals surface area (Å²) in [7, 11) is 0. The molecule has 7 nitrogen and oxygen atoms in total. The fourth-order valence-corrected chi connectivity index (χ4v) is 3.61. The molecule has 1 saturated heterocycles. The van der Waals surface area contributed by atoms with Gasteiger partial charge in [0.15, 0.2) is 21.9 Å². The van der Waals surface area contributed by atoms with Crippen molar-refractivity contribution < 1.29 is 23.1 Å². The first-order valence-corrected chi connectivity index (χ1v) is 9.48. The number of halogens is 2. The number of rotatable bonds is 2. The van der Waals surface area contributed by atoms with Crippen molar-refractivity contribution >= 4 is 55.6 Å². The minimum atomic E-state index is -0.818. The van der Waals surface area contributed by atoms with Crippen LogP contribution in [0.4, 0.5) is 10.2 Å². The van der Waals surface area contributed by atoms with E-state index in [0.29, 0.717) is 16.5 Å². The fourth-order valence-electron chi connectivity index (χ4n) is 3.26. The Labute approximate surface area is 168 Å². The van der Waals surface area contributed by atoms with Crippen LogP contribution in [0.2, 0.25) is 0 Å². The average molecular weight is 450 g/mol. The number of ketones is 1. The van der Waals surface area contributed by atoms with Crippen LogP contribution < -0.4 is 4.90 Å². The van der Waals surface area contributed by atoms with Crippen molar-refractivity contribution in [2.24, 2.45) is 0 Å². The Morgan fingerprint density at radius 2 is 2.11 bits per heavy atom. The number of ether oxygens (including phenoxy) is 1. The zero-order chi connectivity index (χ0) is 20.2. The van der Waals surface area contributed by atoms with Crippen molar-refractivity contribution in [3.8, 4) is 0 Å². The van der Waals surface area contributed by atoms with Crippen molar-refractivity contribution in [2.45, 2.75) is 38.8 Å². The molecule has 28 heavy (non-hydrogen) atoms. The lowest BCUT2D eigenvalue weighted by atomic mass is 10.1. The zero-order valence-corrected chi connectivity index (χ0v) is 17.0. The van der Waals surface area contributed by atoms with Gasteiger partial charge in [-0.05, 0) is 48.8 Å². The number of fused-ring (bicyclic) bond motifs is 3. The summed E-state index contributed by atoms with van der Waals surface area (Å²) in [4.78, 5) is 35.1. The molecule has 1 aromatic carbocycles. The molecule has 1 aliphatic rings. The van der Waals surface area contributed by atoms with Crippen LogP contribution in [0.5, 0.6) is 0 Å². The van der Waals surface area contributed by atoms with Gasteiger partial charge in [0.05, 0.1) is 6.54 Å². The Bertz CT molecular complexity index is 1120. The molecule has 0 spiro atoms. The highest BCUT2D eigenvalue weighted by atomic mass is 79.9. The van der Waals surface area contributed by atoms with Gasteiger partial charge in [0, 0.05) is 17.9 Å². The summed E-state index contributed by atoms with van der Waals surface area (Å²) in [6, 6.07) is 3.33. The normalized spacial score (nSPS) is 17.7. The lowest BCUT2D eigenvalue weighted by Crippen LogP contribution is -2.41. The van der Waals surface area contributed by atoms with E-state index in [4.69, 9.17) is 9.15 Å². The maximum absolute atomic E-state index is 13.6.